The summed E-state index contributed by atoms with van der Waals surface area (Å²) in [6.45, 7) is 7.29. The van der Waals surface area contributed by atoms with Crippen LogP contribution in [-0.2, 0) is 26.7 Å². The van der Waals surface area contributed by atoms with E-state index >= 15 is 0 Å². The molecule has 65 valence electrons. The van der Waals surface area contributed by atoms with Gasteiger partial charge in [0.1, 0.15) is 0 Å². The first-order valence-electron chi connectivity index (χ1n) is 2.32. The molecule has 4 heteroatoms. The smallest absolute Gasteiger partial charge is 0.550 e. The van der Waals surface area contributed by atoms with Gasteiger partial charge >= 0.3 is 17.1 Å². The normalized spacial score (nSPS) is 4.40. The fraction of sp³-hybridized carbons (Fsp3) is 0.500. The van der Waals surface area contributed by atoms with E-state index < -0.39 is 5.97 Å². The summed E-state index contributed by atoms with van der Waals surface area (Å²) in [6.07, 6.45) is 1.50. The predicted octanol–water partition coefficient (Wildman–Crippen LogP) is -0.290. The Balaban J connectivity index is -0.0000000273. The molecule has 0 aromatic carbocycles. The van der Waals surface area contributed by atoms with E-state index in [0.29, 0.717) is 0 Å². The van der Waals surface area contributed by atoms with E-state index in [2.05, 4.69) is 6.92 Å². The van der Waals surface area contributed by atoms with Gasteiger partial charge in [0.05, 0.1) is 0 Å². The van der Waals surface area contributed by atoms with E-state index in [1.165, 1.54) is 13.2 Å². The Morgan fingerprint density at radius 2 is 1.50 bits per heavy atom. The fourth-order valence-electron chi connectivity index (χ4n) is 0. The Kier molecular flexibility index (Phi) is 85.8. The molecule has 0 saturated heterocycles. The van der Waals surface area contributed by atoms with Crippen LogP contribution in [0.2, 0.25) is 0 Å². The number of hydrogen-bond acceptors (Lipinski definition) is 3. The average Bonchev–Trinajstić information content (AvgIpc) is 1.71. The Hall–Kier alpha value is -0.341. The van der Waals surface area contributed by atoms with Crippen LogP contribution in [0.5, 0.6) is 0 Å². The summed E-state index contributed by atoms with van der Waals surface area (Å²) in [6, 6.07) is 0. The molecule has 0 amide bonds. The van der Waals surface area contributed by atoms with Crippen LogP contribution in [0.1, 0.15) is 20.8 Å². The van der Waals surface area contributed by atoms with Gasteiger partial charge < -0.3 is 21.6 Å². The van der Waals surface area contributed by atoms with Crippen molar-refractivity contribution in [3.63, 3.8) is 0 Å². The van der Waals surface area contributed by atoms with Gasteiger partial charge in [-0.2, -0.15) is 13.8 Å². The standard InChI is InChI=1S/C2H4O2.C2H3O.C2H5.Cu/c1-2(3)4;1-2-3;1-2;/h1H3,(H,3,4);1H3;1H2,2H3;/q;2*-1;+2/p-1. The van der Waals surface area contributed by atoms with Gasteiger partial charge in [-0.15, -0.1) is 0 Å². The Labute approximate surface area is 72.3 Å². The largest absolute Gasteiger partial charge is 2.00 e. The molecule has 0 unspecified atom stereocenters. The molecule has 0 saturated carbocycles. The van der Waals surface area contributed by atoms with Gasteiger partial charge in [-0.05, 0) is 6.92 Å². The van der Waals surface area contributed by atoms with Crippen LogP contribution in [0.15, 0.2) is 0 Å². The minimum Gasteiger partial charge on any atom is -0.550 e. The van der Waals surface area contributed by atoms with E-state index in [9.17, 15) is 0 Å². The summed E-state index contributed by atoms with van der Waals surface area (Å²) < 4.78 is 0. The van der Waals surface area contributed by atoms with E-state index in [1.54, 1.807) is 6.92 Å². The van der Waals surface area contributed by atoms with Gasteiger partial charge in [-0.1, -0.05) is 0 Å². The van der Waals surface area contributed by atoms with Crippen LogP contribution < -0.4 is 5.11 Å². The van der Waals surface area contributed by atoms with E-state index in [1.807, 2.05) is 0 Å². The number of carbonyl (C=O) groups excluding carboxylic acids is 2. The van der Waals surface area contributed by atoms with Gasteiger partial charge in [0.25, 0.3) is 0 Å². The Morgan fingerprint density at radius 3 is 1.50 bits per heavy atom. The number of carboxylic acid groups (broad SMARTS) is 1. The van der Waals surface area contributed by atoms with Crippen LogP contribution in [0.25, 0.3) is 0 Å². The number of carbonyl (C=O) groups is 1. The van der Waals surface area contributed by atoms with Crippen molar-refractivity contribution in [1.29, 1.82) is 0 Å². The molecule has 0 N–H and O–H groups in total. The first-order valence-corrected chi connectivity index (χ1v) is 2.32. The Bertz CT molecular complexity index is 60.0. The SMILES string of the molecule is CC(=O)[O-].C[C-]=O.[CH2-]C.[Cu+2]. The molecule has 0 aliphatic carbocycles. The molecular formula is C6H11CuO3-. The van der Waals surface area contributed by atoms with Gasteiger partial charge in [-0.3, -0.25) is 6.29 Å². The molecule has 0 spiro atoms. The second kappa shape index (κ2) is 37.9. The quantitative estimate of drug-likeness (QED) is 0.394. The molecule has 0 heterocycles. The number of carboxylic acids is 1. The summed E-state index contributed by atoms with van der Waals surface area (Å²) in [7, 11) is 0. The molecule has 1 radical (unpaired) electrons. The third-order valence-corrected chi connectivity index (χ3v) is 0. The molecule has 3 nitrogen and oxygen atoms in total. The zero-order valence-corrected chi connectivity index (χ0v) is 7.18. The van der Waals surface area contributed by atoms with Crippen LogP contribution in [-0.4, -0.2) is 12.3 Å². The zero-order chi connectivity index (χ0) is 8.28. The van der Waals surface area contributed by atoms with E-state index in [0.717, 1.165) is 6.92 Å². The van der Waals surface area contributed by atoms with Crippen LogP contribution in [0.4, 0.5) is 0 Å². The van der Waals surface area contributed by atoms with Gasteiger partial charge in [0.15, 0.2) is 0 Å². The molecule has 0 rings (SSSR count). The van der Waals surface area contributed by atoms with Crippen LogP contribution >= 0.6 is 0 Å². The number of aliphatic carboxylic acids is 1. The van der Waals surface area contributed by atoms with E-state index in [4.69, 9.17) is 14.7 Å². The maximum atomic E-state index is 8.89. The Morgan fingerprint density at radius 1 is 1.50 bits per heavy atom. The molecule has 0 bridgehead atoms. The summed E-state index contributed by atoms with van der Waals surface area (Å²) in [5.41, 5.74) is 0. The molecule has 0 aliphatic rings. The molecule has 0 atom stereocenters. The van der Waals surface area contributed by atoms with Crippen molar-refractivity contribution in [2.24, 2.45) is 0 Å². The van der Waals surface area contributed by atoms with E-state index in [-0.39, 0.29) is 17.1 Å². The van der Waals surface area contributed by atoms with Crippen molar-refractivity contribution in [1.82, 2.24) is 0 Å². The third-order valence-electron chi connectivity index (χ3n) is 0. The average molecular weight is 195 g/mol. The van der Waals surface area contributed by atoms with Crippen molar-refractivity contribution in [2.45, 2.75) is 20.8 Å². The maximum absolute atomic E-state index is 8.89. The molecule has 0 aliphatic heterocycles. The molecule has 0 aromatic rings. The van der Waals surface area contributed by atoms with Gasteiger partial charge in [-0.25, -0.2) is 0 Å². The van der Waals surface area contributed by atoms with Crippen molar-refractivity contribution in [3.05, 3.63) is 6.92 Å². The maximum Gasteiger partial charge on any atom is 2.00 e. The summed E-state index contributed by atoms with van der Waals surface area (Å²) in [5, 5.41) is 8.89. The predicted molar refractivity (Wildman–Crippen MR) is 33.1 cm³/mol. The monoisotopic (exact) mass is 194 g/mol. The second-order valence-corrected chi connectivity index (χ2v) is 0.696. The minimum atomic E-state index is -1.08. The molecule has 0 fully saturated rings. The van der Waals surface area contributed by atoms with Crippen LogP contribution in [0, 0.1) is 6.92 Å². The minimum absolute atomic E-state index is 0. The number of hydrogen-bond donors (Lipinski definition) is 0. The summed E-state index contributed by atoms with van der Waals surface area (Å²) >= 11 is 0. The van der Waals surface area contributed by atoms with Crippen molar-refractivity contribution >= 4 is 12.3 Å². The van der Waals surface area contributed by atoms with Crippen molar-refractivity contribution in [3.8, 4) is 0 Å². The molecule has 10 heavy (non-hydrogen) atoms. The third kappa shape index (κ3) is 2930. The fourth-order valence-corrected chi connectivity index (χ4v) is 0. The second-order valence-electron chi connectivity index (χ2n) is 0.696. The van der Waals surface area contributed by atoms with Crippen LogP contribution in [0.3, 0.4) is 0 Å². The summed E-state index contributed by atoms with van der Waals surface area (Å²) in [5.74, 6) is -1.08. The molecular weight excluding hydrogens is 184 g/mol. The number of rotatable bonds is 0. The molecule has 0 aromatic heterocycles. The van der Waals surface area contributed by atoms with Gasteiger partial charge in [0.2, 0.25) is 0 Å². The summed E-state index contributed by atoms with van der Waals surface area (Å²) in [4.78, 5) is 17.6. The first-order chi connectivity index (χ1) is 4.15. The zero-order valence-electron chi connectivity index (χ0n) is 6.23. The van der Waals surface area contributed by atoms with Crippen molar-refractivity contribution in [2.75, 3.05) is 0 Å². The van der Waals surface area contributed by atoms with Gasteiger partial charge in [0, 0.05) is 5.97 Å². The van der Waals surface area contributed by atoms with Crippen molar-refractivity contribution < 1.29 is 31.8 Å². The first kappa shape index (κ1) is 22.6. The topological polar surface area (TPSA) is 57.2 Å².